The average Bonchev–Trinajstić information content (AvgIpc) is 2.91. The monoisotopic (exact) mass is 538 g/mol. The third kappa shape index (κ3) is 4.79. The summed E-state index contributed by atoms with van der Waals surface area (Å²) in [6.07, 6.45) is 3.17. The topological polar surface area (TPSA) is 0 Å². The predicted molar refractivity (Wildman–Crippen MR) is 160 cm³/mol. The van der Waals surface area contributed by atoms with E-state index in [0.29, 0.717) is 0 Å². The zero-order valence-corrected chi connectivity index (χ0v) is 23.4. The maximum atomic E-state index is 4.51. The van der Waals surface area contributed by atoms with E-state index < -0.39 is 5.31 Å². The Balaban J connectivity index is 1.89. The summed E-state index contributed by atoms with van der Waals surface area (Å²) in [7, 11) is 0. The molecular formula is C33H32BrP. The summed E-state index contributed by atoms with van der Waals surface area (Å²) < 4.78 is 0. The van der Waals surface area contributed by atoms with Gasteiger partial charge in [-0.1, -0.05) is 0 Å². The van der Waals surface area contributed by atoms with E-state index >= 15 is 0 Å². The quantitative estimate of drug-likeness (QED) is 0.180. The molecule has 0 spiro atoms. The molecule has 0 aliphatic rings. The minimum absolute atomic E-state index is 0.843. The molecule has 4 rings (SSSR count). The van der Waals surface area contributed by atoms with Crippen LogP contribution in [0.1, 0.15) is 29.2 Å². The van der Waals surface area contributed by atoms with Crippen molar-refractivity contribution in [2.75, 3.05) is 6.16 Å². The van der Waals surface area contributed by atoms with E-state index in [2.05, 4.69) is 164 Å². The Morgan fingerprint density at radius 3 is 1.57 bits per heavy atom. The van der Waals surface area contributed by atoms with E-state index in [0.717, 1.165) is 17.3 Å². The van der Waals surface area contributed by atoms with Crippen molar-refractivity contribution in [3.05, 3.63) is 137 Å². The molecule has 0 atom stereocenters. The summed E-state index contributed by atoms with van der Waals surface area (Å²) in [4.78, 5) is 0. The minimum atomic E-state index is -2.97. The van der Waals surface area contributed by atoms with Crippen LogP contribution in [0.4, 0.5) is 0 Å². The third-order valence-electron chi connectivity index (χ3n) is 6.95. The number of hydrogen-bond acceptors (Lipinski definition) is 0. The van der Waals surface area contributed by atoms with Gasteiger partial charge >= 0.3 is 219 Å². The average molecular weight is 539 g/mol. The van der Waals surface area contributed by atoms with Crippen molar-refractivity contribution in [1.82, 2.24) is 0 Å². The van der Waals surface area contributed by atoms with Crippen LogP contribution in [0.15, 0.2) is 115 Å². The molecule has 176 valence electrons. The Bertz CT molecular complexity index is 1310. The first kappa shape index (κ1) is 25.2. The summed E-state index contributed by atoms with van der Waals surface area (Å²) in [5.41, 5.74) is 6.00. The molecule has 35 heavy (non-hydrogen) atoms. The first-order valence-electron chi connectivity index (χ1n) is 12.0. The first-order valence-corrected chi connectivity index (χ1v) is 16.4. The summed E-state index contributed by atoms with van der Waals surface area (Å²) in [5.74, 6) is 6.93. The molecule has 0 radical (unpaired) electrons. The van der Waals surface area contributed by atoms with Gasteiger partial charge < -0.3 is 0 Å². The Hall–Kier alpha value is -2.91. The number of benzene rings is 4. The van der Waals surface area contributed by atoms with Gasteiger partial charge in [0.1, 0.15) is 0 Å². The van der Waals surface area contributed by atoms with Crippen LogP contribution in [0.2, 0.25) is 0 Å². The van der Waals surface area contributed by atoms with Gasteiger partial charge in [-0.25, -0.2) is 0 Å². The molecule has 0 nitrogen and oxygen atoms in total. The molecule has 0 aromatic heterocycles. The van der Waals surface area contributed by atoms with Crippen molar-refractivity contribution < 1.29 is 0 Å². The maximum absolute atomic E-state index is 4.51. The van der Waals surface area contributed by atoms with Crippen LogP contribution >= 0.6 is 20.8 Å². The second kappa shape index (κ2) is 10.4. The Kier molecular flexibility index (Phi) is 7.47. The molecule has 0 aliphatic heterocycles. The van der Waals surface area contributed by atoms with Crippen LogP contribution in [0.5, 0.6) is 0 Å². The number of halogens is 1. The van der Waals surface area contributed by atoms with E-state index in [-0.39, 0.29) is 0 Å². The van der Waals surface area contributed by atoms with Crippen molar-refractivity contribution in [3.63, 3.8) is 0 Å². The molecule has 2 heteroatoms. The van der Waals surface area contributed by atoms with Gasteiger partial charge in [-0.15, -0.1) is 0 Å². The second-order valence-corrected chi connectivity index (χ2v) is 18.2. The Labute approximate surface area is 218 Å². The summed E-state index contributed by atoms with van der Waals surface area (Å²) in [6.45, 7) is 8.58. The van der Waals surface area contributed by atoms with E-state index in [1.54, 1.807) is 0 Å². The van der Waals surface area contributed by atoms with Crippen LogP contribution in [0, 0.1) is 32.6 Å². The molecule has 4 aromatic rings. The van der Waals surface area contributed by atoms with E-state index in [1.165, 1.54) is 32.6 Å². The Morgan fingerprint density at radius 1 is 0.686 bits per heavy atom. The van der Waals surface area contributed by atoms with Crippen molar-refractivity contribution in [1.29, 1.82) is 0 Å². The molecule has 0 saturated carbocycles. The first-order chi connectivity index (χ1) is 16.8. The molecule has 0 N–H and O–H groups in total. The SMILES string of the molecule is CC(C#Cc1c(C)ccc(C)c1C)=CCP(Br)(c1ccccc1)(c1ccccc1)c1ccccc1. The number of allylic oxidation sites excluding steroid dienone is 2. The van der Waals surface area contributed by atoms with Crippen LogP contribution in [0.25, 0.3) is 0 Å². The van der Waals surface area contributed by atoms with Gasteiger partial charge in [0.25, 0.3) is 0 Å². The number of aryl methyl sites for hydroxylation is 2. The fraction of sp³-hybridized carbons (Fsp3) is 0.152. The molecule has 0 amide bonds. The molecule has 0 aliphatic carbocycles. The fourth-order valence-corrected chi connectivity index (χ4v) is 11.7. The zero-order valence-electron chi connectivity index (χ0n) is 20.9. The molecule has 0 heterocycles. The van der Waals surface area contributed by atoms with Gasteiger partial charge in [0.15, 0.2) is 0 Å². The van der Waals surface area contributed by atoms with E-state index in [9.17, 15) is 0 Å². The van der Waals surface area contributed by atoms with Crippen molar-refractivity contribution >= 4 is 36.7 Å². The molecular weight excluding hydrogens is 507 g/mol. The summed E-state index contributed by atoms with van der Waals surface area (Å²) in [6, 6.07) is 37.0. The van der Waals surface area contributed by atoms with Crippen LogP contribution in [-0.2, 0) is 0 Å². The molecule has 4 aromatic carbocycles. The predicted octanol–water partition coefficient (Wildman–Crippen LogP) is 7.75. The van der Waals surface area contributed by atoms with Gasteiger partial charge in [-0.05, 0) is 0 Å². The molecule has 0 saturated heterocycles. The van der Waals surface area contributed by atoms with Gasteiger partial charge in [-0.3, -0.25) is 0 Å². The van der Waals surface area contributed by atoms with E-state index in [4.69, 9.17) is 0 Å². The van der Waals surface area contributed by atoms with Crippen molar-refractivity contribution in [3.8, 4) is 11.8 Å². The summed E-state index contributed by atoms with van der Waals surface area (Å²) in [5, 5.41) is 0.979. The number of rotatable bonds is 5. The zero-order chi connectivity index (χ0) is 24.9. The van der Waals surface area contributed by atoms with Crippen LogP contribution in [-0.4, -0.2) is 6.16 Å². The van der Waals surface area contributed by atoms with Gasteiger partial charge in [0.2, 0.25) is 0 Å². The van der Waals surface area contributed by atoms with Crippen LogP contribution in [0.3, 0.4) is 0 Å². The standard InChI is InChI=1S/C33H32BrP/c1-26(20-23-33-28(3)22-21-27(2)29(33)4)24-25-35(34,30-14-8-5-9-15-30,31-16-10-6-11-17-31)32-18-12-7-13-19-32/h5-19,21-22,24H,25H2,1-4H3. The van der Waals surface area contributed by atoms with E-state index in [1.807, 2.05) is 0 Å². The Morgan fingerprint density at radius 2 is 1.11 bits per heavy atom. The van der Waals surface area contributed by atoms with Gasteiger partial charge in [0.05, 0.1) is 0 Å². The van der Waals surface area contributed by atoms with Crippen LogP contribution < -0.4 is 15.9 Å². The molecule has 0 bridgehead atoms. The molecule has 0 unspecified atom stereocenters. The summed E-state index contributed by atoms with van der Waals surface area (Å²) >= 11 is 4.51. The van der Waals surface area contributed by atoms with Crippen molar-refractivity contribution in [2.24, 2.45) is 0 Å². The van der Waals surface area contributed by atoms with Gasteiger partial charge in [-0.2, -0.15) is 0 Å². The van der Waals surface area contributed by atoms with Crippen molar-refractivity contribution in [2.45, 2.75) is 27.7 Å². The second-order valence-electron chi connectivity index (χ2n) is 9.21. The molecule has 0 fully saturated rings. The van der Waals surface area contributed by atoms with Gasteiger partial charge in [0, 0.05) is 0 Å². The fourth-order valence-electron chi connectivity index (χ4n) is 4.64. The number of hydrogen-bond donors (Lipinski definition) is 0. The normalized spacial score (nSPS) is 12.8. The third-order valence-corrected chi connectivity index (χ3v) is 16.5.